The largest absolute Gasteiger partial charge is 0.281 e. The van der Waals surface area contributed by atoms with Crippen LogP contribution in [0, 0.1) is 31.0 Å². The smallest absolute Gasteiger partial charge is 0.244 e. The van der Waals surface area contributed by atoms with Gasteiger partial charge in [-0.1, -0.05) is 6.07 Å². The summed E-state index contributed by atoms with van der Waals surface area (Å²) < 4.78 is 40.4. The van der Waals surface area contributed by atoms with Crippen molar-refractivity contribution in [3.05, 3.63) is 46.5 Å². The van der Waals surface area contributed by atoms with Crippen LogP contribution in [0.15, 0.2) is 23.1 Å². The molecule has 1 heterocycles. The molecule has 0 spiro atoms. The number of halogens is 1. The number of benzene rings is 1. The fourth-order valence-electron chi connectivity index (χ4n) is 1.94. The molecule has 110 valence electrons. The quantitative estimate of drug-likeness (QED) is 0.894. The summed E-state index contributed by atoms with van der Waals surface area (Å²) in [5.74, 6) is -0.627. The lowest BCUT2D eigenvalue weighted by atomic mass is 10.1. The molecule has 0 fully saturated rings. The monoisotopic (exact) mass is 308 g/mol. The molecule has 21 heavy (non-hydrogen) atoms. The first-order chi connectivity index (χ1) is 9.85. The molecule has 0 radical (unpaired) electrons. The van der Waals surface area contributed by atoms with Gasteiger partial charge >= 0.3 is 0 Å². The van der Waals surface area contributed by atoms with Crippen molar-refractivity contribution in [1.82, 2.24) is 14.9 Å². The van der Waals surface area contributed by atoms with Gasteiger partial charge in [0, 0.05) is 12.1 Å². The molecule has 0 aliphatic rings. The zero-order valence-corrected chi connectivity index (χ0v) is 12.3. The predicted molar refractivity (Wildman–Crippen MR) is 73.2 cm³/mol. The Bertz CT molecular complexity index is 802. The van der Waals surface area contributed by atoms with Crippen molar-refractivity contribution >= 4 is 10.0 Å². The molecule has 2 aromatic rings. The summed E-state index contributed by atoms with van der Waals surface area (Å²) in [6.07, 6.45) is 0. The van der Waals surface area contributed by atoms with Crippen LogP contribution < -0.4 is 4.72 Å². The Balaban J connectivity index is 2.22. The van der Waals surface area contributed by atoms with E-state index in [1.165, 1.54) is 12.1 Å². The first-order valence-corrected chi connectivity index (χ1v) is 7.53. The van der Waals surface area contributed by atoms with Crippen LogP contribution in [-0.2, 0) is 16.6 Å². The van der Waals surface area contributed by atoms with Crippen LogP contribution in [0.4, 0.5) is 4.39 Å². The van der Waals surface area contributed by atoms with Crippen molar-refractivity contribution in [2.45, 2.75) is 25.3 Å². The summed E-state index contributed by atoms with van der Waals surface area (Å²) in [5.41, 5.74) is 1.11. The first kappa shape index (κ1) is 15.2. The molecule has 0 atom stereocenters. The van der Waals surface area contributed by atoms with Crippen LogP contribution in [0.2, 0.25) is 0 Å². The molecular weight excluding hydrogens is 295 g/mol. The average Bonchev–Trinajstić information content (AvgIpc) is 2.77. The van der Waals surface area contributed by atoms with Gasteiger partial charge in [0.25, 0.3) is 0 Å². The lowest BCUT2D eigenvalue weighted by molar-refractivity contribution is 0.573. The zero-order valence-electron chi connectivity index (χ0n) is 11.4. The molecule has 0 amide bonds. The molecule has 1 aromatic carbocycles. The minimum Gasteiger partial charge on any atom is -0.281 e. The van der Waals surface area contributed by atoms with Gasteiger partial charge in [-0.3, -0.25) is 5.10 Å². The Labute approximate surface area is 121 Å². The number of H-pyrrole nitrogens is 1. The first-order valence-electron chi connectivity index (χ1n) is 6.05. The number of aryl methyl sites for hydroxylation is 2. The summed E-state index contributed by atoms with van der Waals surface area (Å²) in [6, 6.07) is 5.69. The van der Waals surface area contributed by atoms with Crippen molar-refractivity contribution in [2.75, 3.05) is 0 Å². The molecule has 1 aromatic heterocycles. The van der Waals surface area contributed by atoms with E-state index in [2.05, 4.69) is 14.9 Å². The Morgan fingerprint density at radius 1 is 1.43 bits per heavy atom. The molecular formula is C13H13FN4O2S. The summed E-state index contributed by atoms with van der Waals surface area (Å²) in [7, 11) is -3.78. The fourth-order valence-corrected chi connectivity index (χ4v) is 3.31. The highest BCUT2D eigenvalue weighted by Gasteiger charge is 2.22. The number of aromatic nitrogens is 2. The summed E-state index contributed by atoms with van der Waals surface area (Å²) >= 11 is 0. The Kier molecular flexibility index (Phi) is 4.06. The topological polar surface area (TPSA) is 98.6 Å². The third kappa shape index (κ3) is 3.09. The van der Waals surface area contributed by atoms with E-state index in [0.29, 0.717) is 11.4 Å². The maximum atomic E-state index is 13.7. The van der Waals surface area contributed by atoms with Gasteiger partial charge in [-0.25, -0.2) is 17.5 Å². The van der Waals surface area contributed by atoms with Gasteiger partial charge in [0.05, 0.1) is 23.0 Å². The zero-order chi connectivity index (χ0) is 15.6. The minimum absolute atomic E-state index is 0.0663. The Morgan fingerprint density at radius 3 is 2.67 bits per heavy atom. The van der Waals surface area contributed by atoms with E-state index in [1.807, 2.05) is 6.07 Å². The van der Waals surface area contributed by atoms with Crippen molar-refractivity contribution in [2.24, 2.45) is 0 Å². The molecule has 0 aliphatic heterocycles. The van der Waals surface area contributed by atoms with Gasteiger partial charge < -0.3 is 0 Å². The molecule has 2 N–H and O–H groups in total. The van der Waals surface area contributed by atoms with E-state index in [-0.39, 0.29) is 22.6 Å². The van der Waals surface area contributed by atoms with Crippen LogP contribution in [0.25, 0.3) is 0 Å². The second kappa shape index (κ2) is 5.63. The lowest BCUT2D eigenvalue weighted by Gasteiger charge is -2.08. The van der Waals surface area contributed by atoms with E-state index in [1.54, 1.807) is 13.8 Å². The van der Waals surface area contributed by atoms with Gasteiger partial charge in [-0.05, 0) is 26.0 Å². The predicted octanol–water partition coefficient (Wildman–Crippen LogP) is 1.52. The number of sulfonamides is 1. The highest BCUT2D eigenvalue weighted by Crippen LogP contribution is 2.17. The third-order valence-electron chi connectivity index (χ3n) is 2.96. The second-order valence-electron chi connectivity index (χ2n) is 4.51. The van der Waals surface area contributed by atoms with Gasteiger partial charge in [-0.15, -0.1) is 0 Å². The number of nitrogens with one attached hydrogen (secondary N) is 2. The number of aromatic amines is 1. The number of nitrogens with zero attached hydrogens (tertiary/aromatic N) is 2. The van der Waals surface area contributed by atoms with Crippen molar-refractivity contribution in [3.63, 3.8) is 0 Å². The molecule has 0 aliphatic carbocycles. The normalized spacial score (nSPS) is 11.3. The summed E-state index contributed by atoms with van der Waals surface area (Å²) in [6.45, 7) is 2.96. The van der Waals surface area contributed by atoms with Crippen LogP contribution >= 0.6 is 0 Å². The highest BCUT2D eigenvalue weighted by atomic mass is 32.2. The number of nitriles is 1. The van der Waals surface area contributed by atoms with Gasteiger partial charge in [0.15, 0.2) is 0 Å². The third-order valence-corrected chi connectivity index (χ3v) is 4.63. The van der Waals surface area contributed by atoms with Gasteiger partial charge in [-0.2, -0.15) is 10.4 Å². The van der Waals surface area contributed by atoms with Crippen LogP contribution in [0.3, 0.4) is 0 Å². The van der Waals surface area contributed by atoms with Crippen molar-refractivity contribution < 1.29 is 12.8 Å². The molecule has 6 nitrogen and oxygen atoms in total. The van der Waals surface area contributed by atoms with Gasteiger partial charge in [0.2, 0.25) is 10.0 Å². The Hall–Kier alpha value is -2.24. The van der Waals surface area contributed by atoms with E-state index in [0.717, 1.165) is 6.07 Å². The second-order valence-corrected chi connectivity index (χ2v) is 6.21. The van der Waals surface area contributed by atoms with E-state index in [9.17, 15) is 12.8 Å². The summed E-state index contributed by atoms with van der Waals surface area (Å²) in [5, 5.41) is 15.1. The van der Waals surface area contributed by atoms with Crippen molar-refractivity contribution in [1.29, 1.82) is 5.26 Å². The van der Waals surface area contributed by atoms with Crippen LogP contribution in [0.5, 0.6) is 0 Å². The van der Waals surface area contributed by atoms with Crippen molar-refractivity contribution in [3.8, 4) is 6.07 Å². The molecule has 0 saturated carbocycles. The van der Waals surface area contributed by atoms with Gasteiger partial charge in [0.1, 0.15) is 10.7 Å². The highest BCUT2D eigenvalue weighted by molar-refractivity contribution is 7.89. The maximum Gasteiger partial charge on any atom is 0.244 e. The number of rotatable bonds is 4. The average molecular weight is 308 g/mol. The molecule has 8 heteroatoms. The van der Waals surface area contributed by atoms with E-state index >= 15 is 0 Å². The Morgan fingerprint density at radius 2 is 2.14 bits per heavy atom. The van der Waals surface area contributed by atoms with E-state index < -0.39 is 15.8 Å². The number of hydrogen-bond donors (Lipinski definition) is 2. The van der Waals surface area contributed by atoms with Crippen LogP contribution in [-0.4, -0.2) is 18.6 Å². The maximum absolute atomic E-state index is 13.7. The SMILES string of the molecule is Cc1n[nH]c(C)c1S(=O)(=O)NCc1ccc(C#N)cc1F. The molecule has 0 unspecified atom stereocenters. The van der Waals surface area contributed by atoms with Crippen LogP contribution in [0.1, 0.15) is 22.5 Å². The van der Waals surface area contributed by atoms with E-state index in [4.69, 9.17) is 5.26 Å². The molecule has 0 bridgehead atoms. The minimum atomic E-state index is -3.78. The molecule has 0 saturated heterocycles. The number of hydrogen-bond acceptors (Lipinski definition) is 4. The molecule has 2 rings (SSSR count). The standard InChI is InChI=1S/C13H13FN4O2S/c1-8-13(9(2)18-17-8)21(19,20)16-7-11-4-3-10(6-15)5-12(11)14/h3-5,16H,7H2,1-2H3,(H,17,18). The summed E-state index contributed by atoms with van der Waals surface area (Å²) in [4.78, 5) is 0.0663. The fraction of sp³-hybridized carbons (Fsp3) is 0.231. The lowest BCUT2D eigenvalue weighted by Crippen LogP contribution is -2.24.